The van der Waals surface area contributed by atoms with Gasteiger partial charge in [0.2, 0.25) is 5.91 Å². The van der Waals surface area contributed by atoms with E-state index in [9.17, 15) is 4.79 Å². The van der Waals surface area contributed by atoms with Gasteiger partial charge in [0, 0.05) is 19.6 Å². The maximum absolute atomic E-state index is 12.7. The van der Waals surface area contributed by atoms with Crippen molar-refractivity contribution in [3.05, 3.63) is 70.8 Å². The number of rotatable bonds is 6. The lowest BCUT2D eigenvalue weighted by Gasteiger charge is -2.26. The first-order valence-corrected chi connectivity index (χ1v) is 8.51. The summed E-state index contributed by atoms with van der Waals surface area (Å²) in [6, 6.07) is 16.4. The minimum atomic E-state index is -0.228. The van der Waals surface area contributed by atoms with Gasteiger partial charge >= 0.3 is 0 Å². The van der Waals surface area contributed by atoms with Crippen molar-refractivity contribution in [2.24, 2.45) is 0 Å². The number of aryl methyl sites for hydroxylation is 2. The summed E-state index contributed by atoms with van der Waals surface area (Å²) in [6.45, 7) is 8.86. The van der Waals surface area contributed by atoms with Gasteiger partial charge in [-0.05, 0) is 49.9 Å². The monoisotopic (exact) mass is 324 g/mol. The number of amides is 1. The predicted octanol–water partition coefficient (Wildman–Crippen LogP) is 4.00. The van der Waals surface area contributed by atoms with Gasteiger partial charge in [-0.25, -0.2) is 0 Å². The van der Waals surface area contributed by atoms with Crippen LogP contribution in [0.25, 0.3) is 0 Å². The first-order chi connectivity index (χ1) is 11.4. The molecule has 2 rings (SSSR count). The van der Waals surface area contributed by atoms with Gasteiger partial charge < -0.3 is 4.90 Å². The molecule has 2 atom stereocenters. The van der Waals surface area contributed by atoms with Crippen LogP contribution in [0.4, 0.5) is 0 Å². The van der Waals surface area contributed by atoms with Crippen molar-refractivity contribution in [3.63, 3.8) is 0 Å². The molecule has 3 heteroatoms. The third-order valence-electron chi connectivity index (χ3n) is 4.57. The number of nitrogens with zero attached hydrogens (tertiary/aromatic N) is 1. The van der Waals surface area contributed by atoms with Crippen molar-refractivity contribution >= 4 is 5.91 Å². The molecule has 0 saturated heterocycles. The molecule has 0 aliphatic rings. The average molecular weight is 324 g/mol. The predicted molar refractivity (Wildman–Crippen MR) is 99.8 cm³/mol. The van der Waals surface area contributed by atoms with Gasteiger partial charge in [-0.2, -0.15) is 0 Å². The van der Waals surface area contributed by atoms with Gasteiger partial charge in [0.1, 0.15) is 0 Å². The second kappa shape index (κ2) is 8.11. The molecule has 3 nitrogen and oxygen atoms in total. The van der Waals surface area contributed by atoms with Crippen LogP contribution in [0, 0.1) is 13.8 Å². The molecule has 0 radical (unpaired) electrons. The molecule has 1 amide bonds. The van der Waals surface area contributed by atoms with Gasteiger partial charge in [0.05, 0.1) is 6.04 Å². The number of hydrogen-bond donors (Lipinski definition) is 1. The second-order valence-corrected chi connectivity index (χ2v) is 6.59. The first kappa shape index (κ1) is 18.2. The number of benzene rings is 2. The quantitative estimate of drug-likeness (QED) is 0.871. The molecule has 128 valence electrons. The minimum absolute atomic E-state index is 0.110. The summed E-state index contributed by atoms with van der Waals surface area (Å²) in [5.41, 5.74) is 4.88. The molecule has 0 bridgehead atoms. The Balaban J connectivity index is 1.99. The molecule has 0 fully saturated rings. The maximum Gasteiger partial charge on any atom is 0.239 e. The van der Waals surface area contributed by atoms with Crippen molar-refractivity contribution < 1.29 is 4.79 Å². The molecule has 0 aliphatic heterocycles. The topological polar surface area (TPSA) is 32.3 Å². The van der Waals surface area contributed by atoms with Gasteiger partial charge in [0.15, 0.2) is 0 Å². The molecule has 0 aromatic heterocycles. The number of likely N-dealkylation sites (N-methyl/N-ethyl adjacent to an activating group) is 1. The fourth-order valence-electron chi connectivity index (χ4n) is 3.06. The lowest BCUT2D eigenvalue weighted by molar-refractivity contribution is -0.132. The van der Waals surface area contributed by atoms with E-state index in [1.54, 1.807) is 4.90 Å². The Bertz CT molecular complexity index is 696. The van der Waals surface area contributed by atoms with Crippen molar-refractivity contribution in [3.8, 4) is 0 Å². The molecular weight excluding hydrogens is 296 g/mol. The summed E-state index contributed by atoms with van der Waals surface area (Å²) in [7, 11) is 1.87. The van der Waals surface area contributed by atoms with Gasteiger partial charge in [-0.15, -0.1) is 0 Å². The van der Waals surface area contributed by atoms with Crippen LogP contribution in [-0.4, -0.2) is 23.9 Å². The fourth-order valence-corrected chi connectivity index (χ4v) is 3.06. The number of nitrogens with one attached hydrogen (secondary N) is 1. The van der Waals surface area contributed by atoms with Crippen LogP contribution in [-0.2, 0) is 11.3 Å². The molecule has 0 saturated carbocycles. The Morgan fingerprint density at radius 1 is 1.00 bits per heavy atom. The van der Waals surface area contributed by atoms with E-state index in [1.807, 2.05) is 38.2 Å². The van der Waals surface area contributed by atoms with Crippen LogP contribution in [0.3, 0.4) is 0 Å². The summed E-state index contributed by atoms with van der Waals surface area (Å²) >= 11 is 0. The number of hydrogen-bond acceptors (Lipinski definition) is 2. The van der Waals surface area contributed by atoms with Crippen LogP contribution in [0.5, 0.6) is 0 Å². The maximum atomic E-state index is 12.7. The molecule has 24 heavy (non-hydrogen) atoms. The lowest BCUT2D eigenvalue weighted by Crippen LogP contribution is -2.43. The van der Waals surface area contributed by atoms with E-state index in [0.29, 0.717) is 6.54 Å². The summed E-state index contributed by atoms with van der Waals surface area (Å²) in [6.07, 6.45) is 0. The molecule has 1 N–H and O–H groups in total. The van der Waals surface area contributed by atoms with Gasteiger partial charge in [-0.3, -0.25) is 10.1 Å². The zero-order valence-electron chi connectivity index (χ0n) is 15.3. The second-order valence-electron chi connectivity index (χ2n) is 6.59. The van der Waals surface area contributed by atoms with E-state index in [0.717, 1.165) is 0 Å². The Kier molecular flexibility index (Phi) is 6.16. The zero-order chi connectivity index (χ0) is 17.7. The molecule has 0 spiro atoms. The zero-order valence-corrected chi connectivity index (χ0v) is 15.3. The molecule has 2 aromatic rings. The van der Waals surface area contributed by atoms with Crippen LogP contribution in [0.15, 0.2) is 48.5 Å². The molecule has 2 unspecified atom stereocenters. The van der Waals surface area contributed by atoms with Crippen LogP contribution >= 0.6 is 0 Å². The highest BCUT2D eigenvalue weighted by Gasteiger charge is 2.20. The van der Waals surface area contributed by atoms with Crippen molar-refractivity contribution in [1.29, 1.82) is 0 Å². The SMILES string of the molecule is Cc1ccccc1CN(C)C(=O)C(C)NC(C)c1ccccc1C. The Morgan fingerprint density at radius 2 is 1.58 bits per heavy atom. The molecule has 0 aliphatic carbocycles. The lowest BCUT2D eigenvalue weighted by atomic mass is 10.0. The van der Waals surface area contributed by atoms with Crippen molar-refractivity contribution in [1.82, 2.24) is 10.2 Å². The Labute approximate surface area is 145 Å². The third kappa shape index (κ3) is 4.45. The third-order valence-corrected chi connectivity index (χ3v) is 4.57. The van der Waals surface area contributed by atoms with Crippen LogP contribution < -0.4 is 5.32 Å². The van der Waals surface area contributed by atoms with Gasteiger partial charge in [0.25, 0.3) is 0 Å². The first-order valence-electron chi connectivity index (χ1n) is 8.51. The minimum Gasteiger partial charge on any atom is -0.340 e. The van der Waals surface area contributed by atoms with Crippen LogP contribution in [0.1, 0.15) is 42.1 Å². The molecule has 2 aromatic carbocycles. The highest BCUT2D eigenvalue weighted by Crippen LogP contribution is 2.18. The number of carbonyl (C=O) groups excluding carboxylic acids is 1. The van der Waals surface area contributed by atoms with Gasteiger partial charge in [-0.1, -0.05) is 48.5 Å². The largest absolute Gasteiger partial charge is 0.340 e. The fraction of sp³-hybridized carbons (Fsp3) is 0.381. The highest BCUT2D eigenvalue weighted by molar-refractivity contribution is 5.81. The Hall–Kier alpha value is -2.13. The van der Waals surface area contributed by atoms with E-state index >= 15 is 0 Å². The molecular formula is C21H28N2O. The normalized spacial score (nSPS) is 13.4. The smallest absolute Gasteiger partial charge is 0.239 e. The summed E-state index contributed by atoms with van der Waals surface area (Å²) in [5.74, 6) is 0.110. The number of carbonyl (C=O) groups is 1. The van der Waals surface area contributed by atoms with E-state index in [4.69, 9.17) is 0 Å². The summed E-state index contributed by atoms with van der Waals surface area (Å²) < 4.78 is 0. The van der Waals surface area contributed by atoms with Crippen LogP contribution in [0.2, 0.25) is 0 Å². The van der Waals surface area contributed by atoms with E-state index in [-0.39, 0.29) is 18.0 Å². The van der Waals surface area contributed by atoms with E-state index in [1.165, 1.54) is 22.3 Å². The standard InChI is InChI=1S/C21H28N2O/c1-15-10-6-8-12-19(15)14-23(5)21(24)18(4)22-17(3)20-13-9-7-11-16(20)2/h6-13,17-18,22H,14H2,1-5H3. The highest BCUT2D eigenvalue weighted by atomic mass is 16.2. The Morgan fingerprint density at radius 3 is 2.21 bits per heavy atom. The average Bonchev–Trinajstić information content (AvgIpc) is 2.56. The summed E-state index contributed by atoms with van der Waals surface area (Å²) in [5, 5.41) is 3.43. The summed E-state index contributed by atoms with van der Waals surface area (Å²) in [4.78, 5) is 14.5. The van der Waals surface area contributed by atoms with E-state index in [2.05, 4.69) is 50.4 Å². The molecule has 0 heterocycles. The van der Waals surface area contributed by atoms with Crippen molar-refractivity contribution in [2.75, 3.05) is 7.05 Å². The van der Waals surface area contributed by atoms with E-state index < -0.39 is 0 Å². The van der Waals surface area contributed by atoms with Crippen molar-refractivity contribution in [2.45, 2.75) is 46.3 Å².